The van der Waals surface area contributed by atoms with Crippen LogP contribution in [0.3, 0.4) is 0 Å². The van der Waals surface area contributed by atoms with E-state index in [-0.39, 0.29) is 11.9 Å². The first-order chi connectivity index (χ1) is 14.6. The fourth-order valence-electron chi connectivity index (χ4n) is 3.97. The molecule has 1 saturated heterocycles. The lowest BCUT2D eigenvalue weighted by atomic mass is 10.1. The van der Waals surface area contributed by atoms with Crippen LogP contribution in [0.2, 0.25) is 0 Å². The molecule has 4 rings (SSSR count). The highest BCUT2D eigenvalue weighted by Gasteiger charge is 2.25. The number of nitrogens with one attached hydrogen (secondary N) is 1. The van der Waals surface area contributed by atoms with E-state index in [0.29, 0.717) is 12.2 Å². The summed E-state index contributed by atoms with van der Waals surface area (Å²) in [4.78, 5) is 21.2. The van der Waals surface area contributed by atoms with Crippen molar-refractivity contribution in [2.24, 2.45) is 0 Å². The predicted octanol–water partition coefficient (Wildman–Crippen LogP) is 3.54. The molecule has 1 aliphatic rings. The van der Waals surface area contributed by atoms with Crippen LogP contribution in [-0.2, 0) is 11.3 Å². The minimum absolute atomic E-state index is 0.00905. The normalized spacial score (nSPS) is 15.8. The molecule has 1 amide bonds. The number of nitrogens with zero attached hydrogens (tertiary/aromatic N) is 2. The maximum atomic E-state index is 13.6. The van der Waals surface area contributed by atoms with Crippen LogP contribution in [0.5, 0.6) is 5.75 Å². The molecule has 1 N–H and O–H groups in total. The van der Waals surface area contributed by atoms with Gasteiger partial charge >= 0.3 is 0 Å². The predicted molar refractivity (Wildman–Crippen MR) is 118 cm³/mol. The van der Waals surface area contributed by atoms with Crippen LogP contribution in [0.15, 0.2) is 54.6 Å². The molecule has 1 aromatic heterocycles. The monoisotopic (exact) mass is 407 g/mol. The average molecular weight is 408 g/mol. The Labute approximate surface area is 177 Å². The van der Waals surface area contributed by atoms with Gasteiger partial charge in [-0.25, -0.2) is 0 Å². The third kappa shape index (κ3) is 4.66. The van der Waals surface area contributed by atoms with E-state index >= 15 is 0 Å². The largest absolute Gasteiger partial charge is 0.497 e. The molecule has 0 saturated carbocycles. The molecule has 0 aliphatic carbocycles. The van der Waals surface area contributed by atoms with Gasteiger partial charge in [-0.1, -0.05) is 30.3 Å². The number of aromatic amines is 1. The Bertz CT molecular complexity index is 980. The van der Waals surface area contributed by atoms with E-state index in [9.17, 15) is 4.79 Å². The summed E-state index contributed by atoms with van der Waals surface area (Å²) in [6, 6.07) is 18.0. The van der Waals surface area contributed by atoms with E-state index in [1.54, 1.807) is 7.11 Å². The smallest absolute Gasteiger partial charge is 0.270 e. The van der Waals surface area contributed by atoms with Gasteiger partial charge in [0, 0.05) is 49.2 Å². The minimum Gasteiger partial charge on any atom is -0.497 e. The standard InChI is InChI=1S/C24H29N3O3/c1-18(16-26-10-12-30-13-11-26)27(17-19-6-4-3-5-7-19)24(28)23-14-20-8-9-21(29-2)15-22(20)25-23/h3-9,14-15,18,25H,10-13,16-17H2,1-2H3. The number of aromatic nitrogens is 1. The third-order valence-electron chi connectivity index (χ3n) is 5.67. The Morgan fingerprint density at radius 3 is 2.67 bits per heavy atom. The first kappa shape index (κ1) is 20.4. The van der Waals surface area contributed by atoms with Crippen molar-refractivity contribution in [1.82, 2.24) is 14.8 Å². The van der Waals surface area contributed by atoms with Gasteiger partial charge < -0.3 is 19.4 Å². The Balaban J connectivity index is 1.59. The maximum absolute atomic E-state index is 13.6. The van der Waals surface area contributed by atoms with E-state index in [4.69, 9.17) is 9.47 Å². The van der Waals surface area contributed by atoms with Gasteiger partial charge in [-0.15, -0.1) is 0 Å². The lowest BCUT2D eigenvalue weighted by Gasteiger charge is -2.35. The molecule has 1 aliphatic heterocycles. The van der Waals surface area contributed by atoms with Crippen molar-refractivity contribution in [3.05, 3.63) is 65.9 Å². The third-order valence-corrected chi connectivity index (χ3v) is 5.67. The van der Waals surface area contributed by atoms with Crippen molar-refractivity contribution in [2.75, 3.05) is 40.0 Å². The fourth-order valence-corrected chi connectivity index (χ4v) is 3.97. The van der Waals surface area contributed by atoms with E-state index in [0.717, 1.165) is 55.1 Å². The molecule has 6 heteroatoms. The topological polar surface area (TPSA) is 57.8 Å². The van der Waals surface area contributed by atoms with Crippen molar-refractivity contribution in [3.63, 3.8) is 0 Å². The van der Waals surface area contributed by atoms with Gasteiger partial charge in [0.05, 0.1) is 20.3 Å². The van der Waals surface area contributed by atoms with Gasteiger partial charge in [-0.3, -0.25) is 9.69 Å². The van der Waals surface area contributed by atoms with Gasteiger partial charge in [0.1, 0.15) is 11.4 Å². The van der Waals surface area contributed by atoms with Gasteiger partial charge in [0.15, 0.2) is 0 Å². The number of H-pyrrole nitrogens is 1. The molecule has 158 valence electrons. The molecule has 2 aromatic carbocycles. The zero-order chi connectivity index (χ0) is 20.9. The Kier molecular flexibility index (Phi) is 6.35. The number of ether oxygens (including phenoxy) is 2. The maximum Gasteiger partial charge on any atom is 0.270 e. The molecule has 6 nitrogen and oxygen atoms in total. The summed E-state index contributed by atoms with van der Waals surface area (Å²) in [6.45, 7) is 6.85. The summed E-state index contributed by atoms with van der Waals surface area (Å²) in [5, 5.41) is 1.000. The van der Waals surface area contributed by atoms with E-state index < -0.39 is 0 Å². The molecule has 1 unspecified atom stereocenters. The summed E-state index contributed by atoms with van der Waals surface area (Å²) >= 11 is 0. The highest BCUT2D eigenvalue weighted by molar-refractivity contribution is 5.98. The summed E-state index contributed by atoms with van der Waals surface area (Å²) in [7, 11) is 1.64. The quantitative estimate of drug-likeness (QED) is 0.651. The number of fused-ring (bicyclic) bond motifs is 1. The highest BCUT2D eigenvalue weighted by Crippen LogP contribution is 2.23. The zero-order valence-corrected chi connectivity index (χ0v) is 17.6. The van der Waals surface area contributed by atoms with Crippen molar-refractivity contribution < 1.29 is 14.3 Å². The Hall–Kier alpha value is -2.83. The number of hydrogen-bond donors (Lipinski definition) is 1. The molecule has 1 fully saturated rings. The number of methoxy groups -OCH3 is 1. The van der Waals surface area contributed by atoms with Crippen LogP contribution in [0.25, 0.3) is 10.9 Å². The second-order valence-electron chi connectivity index (χ2n) is 7.82. The minimum atomic E-state index is 0.00905. The summed E-state index contributed by atoms with van der Waals surface area (Å²) in [5.74, 6) is 0.778. The molecular weight excluding hydrogens is 378 g/mol. The number of carbonyl (C=O) groups is 1. The Morgan fingerprint density at radius 2 is 1.93 bits per heavy atom. The first-order valence-corrected chi connectivity index (χ1v) is 10.5. The van der Waals surface area contributed by atoms with Crippen LogP contribution < -0.4 is 4.74 Å². The fraction of sp³-hybridized carbons (Fsp3) is 0.375. The molecule has 3 aromatic rings. The number of benzene rings is 2. The number of morpholine rings is 1. The SMILES string of the molecule is COc1ccc2cc(C(=O)N(Cc3ccccc3)C(C)CN3CCOCC3)[nH]c2c1. The number of rotatable bonds is 7. The average Bonchev–Trinajstić information content (AvgIpc) is 3.21. The first-order valence-electron chi connectivity index (χ1n) is 10.5. The number of hydrogen-bond acceptors (Lipinski definition) is 4. The van der Waals surface area contributed by atoms with Crippen molar-refractivity contribution in [3.8, 4) is 5.75 Å². The second-order valence-corrected chi connectivity index (χ2v) is 7.82. The van der Waals surface area contributed by atoms with E-state index in [2.05, 4.69) is 28.9 Å². The molecule has 2 heterocycles. The van der Waals surface area contributed by atoms with Gasteiger partial charge in [0.2, 0.25) is 0 Å². The Morgan fingerprint density at radius 1 is 1.17 bits per heavy atom. The van der Waals surface area contributed by atoms with E-state index in [1.807, 2.05) is 47.4 Å². The van der Waals surface area contributed by atoms with E-state index in [1.165, 1.54) is 0 Å². The van der Waals surface area contributed by atoms with Crippen molar-refractivity contribution in [2.45, 2.75) is 19.5 Å². The van der Waals surface area contributed by atoms with Crippen molar-refractivity contribution >= 4 is 16.8 Å². The van der Waals surface area contributed by atoms with Gasteiger partial charge in [-0.05, 0) is 30.7 Å². The molecule has 0 spiro atoms. The van der Waals surface area contributed by atoms with Crippen LogP contribution in [0, 0.1) is 0 Å². The lowest BCUT2D eigenvalue weighted by Crippen LogP contribution is -2.48. The molecular formula is C24H29N3O3. The summed E-state index contributed by atoms with van der Waals surface area (Å²) in [5.41, 5.74) is 2.62. The summed E-state index contributed by atoms with van der Waals surface area (Å²) < 4.78 is 10.8. The van der Waals surface area contributed by atoms with Crippen LogP contribution in [0.1, 0.15) is 23.0 Å². The van der Waals surface area contributed by atoms with Gasteiger partial charge in [-0.2, -0.15) is 0 Å². The van der Waals surface area contributed by atoms with Crippen molar-refractivity contribution in [1.29, 1.82) is 0 Å². The number of amides is 1. The van der Waals surface area contributed by atoms with Gasteiger partial charge in [0.25, 0.3) is 5.91 Å². The molecule has 30 heavy (non-hydrogen) atoms. The zero-order valence-electron chi connectivity index (χ0n) is 17.6. The highest BCUT2D eigenvalue weighted by atomic mass is 16.5. The second kappa shape index (κ2) is 9.32. The molecule has 0 bridgehead atoms. The van der Waals surface area contributed by atoms with Crippen LogP contribution in [0.4, 0.5) is 0 Å². The summed E-state index contributed by atoms with van der Waals surface area (Å²) in [6.07, 6.45) is 0. The molecule has 1 atom stereocenters. The molecule has 0 radical (unpaired) electrons. The number of carbonyl (C=O) groups excluding carboxylic acids is 1. The lowest BCUT2D eigenvalue weighted by molar-refractivity contribution is 0.0227. The van der Waals surface area contributed by atoms with Crippen LogP contribution in [-0.4, -0.2) is 66.7 Å². The van der Waals surface area contributed by atoms with Crippen LogP contribution >= 0.6 is 0 Å².